The topological polar surface area (TPSA) is 31.2 Å². The highest BCUT2D eigenvalue weighted by atomic mass is 16.3. The fourth-order valence-electron chi connectivity index (χ4n) is 9.68. The summed E-state index contributed by atoms with van der Waals surface area (Å²) in [4.78, 5) is 0. The second-order valence-electron chi connectivity index (χ2n) is 15.7. The molecular formula is C52H35NO2. The van der Waals surface area contributed by atoms with E-state index in [1.54, 1.807) is 0 Å². The zero-order chi connectivity index (χ0) is 36.4. The Morgan fingerprint density at radius 1 is 0.509 bits per heavy atom. The van der Waals surface area contributed by atoms with Gasteiger partial charge >= 0.3 is 0 Å². The molecule has 12 rings (SSSR count). The number of para-hydroxylation sites is 3. The fourth-order valence-corrected chi connectivity index (χ4v) is 9.68. The first-order valence-electron chi connectivity index (χ1n) is 19.1. The van der Waals surface area contributed by atoms with Crippen LogP contribution in [0.2, 0.25) is 0 Å². The summed E-state index contributed by atoms with van der Waals surface area (Å²) in [5.74, 6) is 0.198. The predicted octanol–water partition coefficient (Wildman–Crippen LogP) is 14.3. The lowest BCUT2D eigenvalue weighted by Crippen LogP contribution is -2.21. The van der Waals surface area contributed by atoms with E-state index in [0.717, 1.165) is 49.9 Å². The van der Waals surface area contributed by atoms with Crippen LogP contribution in [-0.2, 0) is 5.41 Å². The predicted molar refractivity (Wildman–Crippen MR) is 229 cm³/mol. The van der Waals surface area contributed by atoms with Crippen molar-refractivity contribution in [3.8, 4) is 22.3 Å². The number of aromatic nitrogens is 1. The highest BCUT2D eigenvalue weighted by Crippen LogP contribution is 2.55. The maximum Gasteiger partial charge on any atom is 0.143 e. The van der Waals surface area contributed by atoms with Gasteiger partial charge in [-0.05, 0) is 76.4 Å². The molecule has 1 atom stereocenters. The van der Waals surface area contributed by atoms with Crippen molar-refractivity contribution < 1.29 is 8.83 Å². The fraction of sp³-hybridized carbons (Fsp3) is 0.0769. The highest BCUT2D eigenvalue weighted by Gasteiger charge is 2.43. The summed E-state index contributed by atoms with van der Waals surface area (Å²) in [6.45, 7) is 4.74. The van der Waals surface area contributed by atoms with Crippen molar-refractivity contribution in [3.63, 3.8) is 0 Å². The summed E-state index contributed by atoms with van der Waals surface area (Å²) in [5, 5.41) is 7.05. The van der Waals surface area contributed by atoms with Crippen molar-refractivity contribution in [1.29, 1.82) is 0 Å². The minimum absolute atomic E-state index is 0.105. The lowest BCUT2D eigenvalue weighted by atomic mass is 9.77. The van der Waals surface area contributed by atoms with Crippen molar-refractivity contribution in [2.45, 2.75) is 19.3 Å². The van der Waals surface area contributed by atoms with Gasteiger partial charge in [0.15, 0.2) is 0 Å². The molecule has 7 aromatic carbocycles. The van der Waals surface area contributed by atoms with Gasteiger partial charge in [-0.15, -0.1) is 0 Å². The second-order valence-corrected chi connectivity index (χ2v) is 15.7. The third kappa shape index (κ3) is 4.27. The van der Waals surface area contributed by atoms with E-state index in [1.807, 2.05) is 6.07 Å². The molecule has 2 aliphatic rings. The van der Waals surface area contributed by atoms with E-state index in [0.29, 0.717) is 0 Å². The Kier molecular flexibility index (Phi) is 6.17. The summed E-state index contributed by atoms with van der Waals surface area (Å²) in [5.41, 5.74) is 15.7. The first kappa shape index (κ1) is 30.6. The zero-order valence-electron chi connectivity index (χ0n) is 30.5. The van der Waals surface area contributed by atoms with E-state index in [-0.39, 0.29) is 11.3 Å². The van der Waals surface area contributed by atoms with Gasteiger partial charge in [0.25, 0.3) is 0 Å². The second kappa shape index (κ2) is 11.1. The van der Waals surface area contributed by atoms with Gasteiger partial charge in [-0.3, -0.25) is 0 Å². The Hall–Kier alpha value is -6.84. The molecule has 10 aromatic rings. The number of allylic oxidation sites excluding steroid dienone is 6. The Balaban J connectivity index is 1.08. The van der Waals surface area contributed by atoms with Crippen LogP contribution >= 0.6 is 0 Å². The minimum atomic E-state index is -0.105. The molecule has 0 amide bonds. The minimum Gasteiger partial charge on any atom is -0.455 e. The highest BCUT2D eigenvalue weighted by molar-refractivity contribution is 6.15. The van der Waals surface area contributed by atoms with Crippen LogP contribution in [-0.4, -0.2) is 4.57 Å². The van der Waals surface area contributed by atoms with E-state index < -0.39 is 0 Å². The Bertz CT molecular complexity index is 3340. The van der Waals surface area contributed by atoms with Gasteiger partial charge in [0, 0.05) is 60.5 Å². The van der Waals surface area contributed by atoms with Crippen molar-refractivity contribution >= 4 is 77.0 Å². The van der Waals surface area contributed by atoms with Crippen molar-refractivity contribution in [2.24, 2.45) is 5.92 Å². The number of fused-ring (bicyclic) bond motifs is 13. The molecule has 1 unspecified atom stereocenters. The average molecular weight is 706 g/mol. The number of rotatable bonds is 3. The SMILES string of the molecule is CC1(C)c2ccc3c(oc4ccccc43)c2C2=CC=C(n3c4ccc(-c5ccccc5)cc4c4cc(-c5cccc6c5oc5ccccc56)ccc43)C=CC21. The van der Waals surface area contributed by atoms with Crippen molar-refractivity contribution in [2.75, 3.05) is 0 Å². The smallest absolute Gasteiger partial charge is 0.143 e. The molecule has 0 N–H and O–H groups in total. The molecule has 3 heterocycles. The normalized spacial score (nSPS) is 16.3. The molecule has 260 valence electrons. The maximum absolute atomic E-state index is 6.63. The lowest BCUT2D eigenvalue weighted by molar-refractivity contribution is 0.477. The van der Waals surface area contributed by atoms with E-state index in [4.69, 9.17) is 8.83 Å². The molecule has 0 fully saturated rings. The van der Waals surface area contributed by atoms with E-state index in [2.05, 4.69) is 182 Å². The van der Waals surface area contributed by atoms with Gasteiger partial charge in [0.1, 0.15) is 22.3 Å². The van der Waals surface area contributed by atoms with Crippen LogP contribution in [0.25, 0.3) is 99.2 Å². The summed E-state index contributed by atoms with van der Waals surface area (Å²) in [6.07, 6.45) is 9.43. The third-order valence-corrected chi connectivity index (χ3v) is 12.4. The van der Waals surface area contributed by atoms with E-state index in [1.165, 1.54) is 60.4 Å². The Morgan fingerprint density at radius 3 is 1.91 bits per heavy atom. The van der Waals surface area contributed by atoms with Crippen LogP contribution in [0.3, 0.4) is 0 Å². The first-order chi connectivity index (χ1) is 27.0. The molecule has 0 saturated carbocycles. The van der Waals surface area contributed by atoms with Crippen LogP contribution in [0, 0.1) is 5.92 Å². The Morgan fingerprint density at radius 2 is 1.15 bits per heavy atom. The molecule has 0 spiro atoms. The standard InChI is InChI=1S/C52H35NO2/c1-52(2)43-25-22-34(21-23-40(43)49-44(52)26-24-39-37-14-7-9-18-48(37)55-51(39)49)53-45-27-19-32(31-11-4-3-5-12-31)29-41(45)42-30-33(20-28-46(42)53)35-15-10-16-38-36-13-6-8-17-47(36)54-50(35)38/h3-30,43H,1-2H3. The third-order valence-electron chi connectivity index (χ3n) is 12.4. The van der Waals surface area contributed by atoms with E-state index in [9.17, 15) is 0 Å². The van der Waals surface area contributed by atoms with Crippen molar-refractivity contribution in [1.82, 2.24) is 4.57 Å². The van der Waals surface area contributed by atoms with Crippen LogP contribution < -0.4 is 0 Å². The maximum atomic E-state index is 6.63. The van der Waals surface area contributed by atoms with Crippen molar-refractivity contribution in [3.05, 3.63) is 181 Å². The number of benzene rings is 7. The van der Waals surface area contributed by atoms with Crippen LogP contribution in [0.1, 0.15) is 25.0 Å². The zero-order valence-corrected chi connectivity index (χ0v) is 30.5. The molecule has 3 aromatic heterocycles. The van der Waals surface area contributed by atoms with Gasteiger partial charge in [0.05, 0.1) is 11.0 Å². The van der Waals surface area contributed by atoms with Gasteiger partial charge in [-0.25, -0.2) is 0 Å². The molecule has 3 heteroatoms. The van der Waals surface area contributed by atoms with E-state index >= 15 is 0 Å². The van der Waals surface area contributed by atoms with Gasteiger partial charge in [-0.1, -0.05) is 135 Å². The lowest BCUT2D eigenvalue weighted by Gasteiger charge is -2.26. The van der Waals surface area contributed by atoms with Gasteiger partial charge in [-0.2, -0.15) is 0 Å². The number of hydrogen-bond acceptors (Lipinski definition) is 2. The molecule has 55 heavy (non-hydrogen) atoms. The molecule has 0 radical (unpaired) electrons. The van der Waals surface area contributed by atoms with Crippen LogP contribution in [0.4, 0.5) is 0 Å². The summed E-state index contributed by atoms with van der Waals surface area (Å²) in [7, 11) is 0. The summed E-state index contributed by atoms with van der Waals surface area (Å²) >= 11 is 0. The quantitative estimate of drug-likeness (QED) is 0.183. The molecule has 0 bridgehead atoms. The van der Waals surface area contributed by atoms with Crippen LogP contribution in [0.15, 0.2) is 179 Å². The molecule has 0 saturated heterocycles. The molecule has 0 aliphatic heterocycles. The first-order valence-corrected chi connectivity index (χ1v) is 19.1. The summed E-state index contributed by atoms with van der Waals surface area (Å²) < 4.78 is 15.6. The number of hydrogen-bond donors (Lipinski definition) is 0. The number of furan rings is 2. The van der Waals surface area contributed by atoms with Gasteiger partial charge < -0.3 is 13.4 Å². The van der Waals surface area contributed by atoms with Crippen LogP contribution in [0.5, 0.6) is 0 Å². The molecular weight excluding hydrogens is 671 g/mol. The number of nitrogens with zero attached hydrogens (tertiary/aromatic N) is 1. The average Bonchev–Trinajstić information content (AvgIpc) is 3.90. The largest absolute Gasteiger partial charge is 0.455 e. The molecule has 2 aliphatic carbocycles. The molecule has 3 nitrogen and oxygen atoms in total. The summed E-state index contributed by atoms with van der Waals surface area (Å²) in [6, 6.07) is 52.3. The monoisotopic (exact) mass is 705 g/mol. The Labute approximate surface area is 317 Å². The van der Waals surface area contributed by atoms with Gasteiger partial charge in [0.2, 0.25) is 0 Å².